The van der Waals surface area contributed by atoms with E-state index in [2.05, 4.69) is 16.0 Å². The molecule has 22 heteroatoms. The summed E-state index contributed by atoms with van der Waals surface area (Å²) in [5.74, 6) is -1.37. The van der Waals surface area contributed by atoms with Crippen LogP contribution in [0.1, 0.15) is 129 Å². The number of phosphoric ester groups is 3. The molecule has 4 unspecified atom stereocenters. The zero-order valence-electron chi connectivity index (χ0n) is 30.6. The Morgan fingerprint density at radius 1 is 0.528 bits per heavy atom. The van der Waals surface area contributed by atoms with Crippen LogP contribution >= 0.6 is 23.5 Å². The van der Waals surface area contributed by atoms with Crippen LogP contribution in [0.5, 0.6) is 0 Å². The van der Waals surface area contributed by atoms with Crippen molar-refractivity contribution in [3.05, 3.63) is 0 Å². The van der Waals surface area contributed by atoms with Crippen molar-refractivity contribution in [2.24, 2.45) is 0 Å². The molecule has 0 saturated heterocycles. The van der Waals surface area contributed by atoms with Gasteiger partial charge in [0, 0.05) is 12.8 Å². The van der Waals surface area contributed by atoms with Gasteiger partial charge in [0.15, 0.2) is 6.10 Å². The second-order valence-corrected chi connectivity index (χ2v) is 17.0. The number of unbranched alkanes of at least 4 members (excludes halogenated alkanes) is 14. The minimum absolute atomic E-state index is 0.0540. The van der Waals surface area contributed by atoms with E-state index in [0.717, 1.165) is 25.7 Å². The molecular formula is C31H61O19P3. The Morgan fingerprint density at radius 3 is 1.32 bits per heavy atom. The molecule has 53 heavy (non-hydrogen) atoms. The fourth-order valence-electron chi connectivity index (χ4n) is 5.68. The number of esters is 2. The number of carbonyl (C=O) groups is 2. The summed E-state index contributed by atoms with van der Waals surface area (Å²) in [6.45, 7) is 2.39. The van der Waals surface area contributed by atoms with Crippen molar-refractivity contribution in [2.75, 3.05) is 13.2 Å². The Bertz CT molecular complexity index is 1140. The number of rotatable bonds is 30. The number of hydrogen-bond acceptors (Lipinski definition) is 14. The number of aliphatic hydroxyl groups is 3. The van der Waals surface area contributed by atoms with Crippen molar-refractivity contribution in [3.8, 4) is 0 Å². The summed E-state index contributed by atoms with van der Waals surface area (Å²) >= 11 is 0. The molecule has 0 bridgehead atoms. The van der Waals surface area contributed by atoms with E-state index in [1.807, 2.05) is 0 Å². The third kappa shape index (κ3) is 23.1. The van der Waals surface area contributed by atoms with Gasteiger partial charge in [-0.2, -0.15) is 0 Å². The first kappa shape index (κ1) is 50.2. The smallest absolute Gasteiger partial charge is 0.462 e. The van der Waals surface area contributed by atoms with Crippen molar-refractivity contribution in [2.45, 2.75) is 172 Å². The van der Waals surface area contributed by atoms with E-state index in [4.69, 9.17) is 38.1 Å². The van der Waals surface area contributed by atoms with E-state index >= 15 is 0 Å². The number of carbonyl (C=O) groups excluding carboxylic acids is 2. The summed E-state index contributed by atoms with van der Waals surface area (Å²) in [5, 5.41) is 31.4. The van der Waals surface area contributed by atoms with Crippen LogP contribution < -0.4 is 0 Å². The highest BCUT2D eigenvalue weighted by atomic mass is 31.2. The molecule has 1 aliphatic carbocycles. The molecule has 0 heterocycles. The highest BCUT2D eigenvalue weighted by Gasteiger charge is 2.56. The normalized spacial score (nSPS) is 24.0. The van der Waals surface area contributed by atoms with Gasteiger partial charge in [-0.15, -0.1) is 0 Å². The molecule has 314 valence electrons. The molecule has 0 amide bonds. The molecule has 1 aliphatic rings. The zero-order valence-corrected chi connectivity index (χ0v) is 33.3. The van der Waals surface area contributed by atoms with Gasteiger partial charge in [-0.3, -0.25) is 27.7 Å². The van der Waals surface area contributed by atoms with Crippen LogP contribution in [0.15, 0.2) is 0 Å². The lowest BCUT2D eigenvalue weighted by atomic mass is 9.85. The SMILES string of the molecule is CCCCCCCCCCCCCCCCCC(=O)OCC(COP(=O)(O)OC1[C@@H](O)[C@H](OP(=O)(O)O)C(O)[C@H](OP(=O)(O)O)[C@@H]1O)OC(=O)CCC. The predicted octanol–water partition coefficient (Wildman–Crippen LogP) is 4.06. The van der Waals surface area contributed by atoms with Gasteiger partial charge in [-0.25, -0.2) is 13.7 Å². The minimum Gasteiger partial charge on any atom is -0.462 e. The second kappa shape index (κ2) is 26.1. The van der Waals surface area contributed by atoms with Crippen molar-refractivity contribution in [3.63, 3.8) is 0 Å². The first-order valence-corrected chi connectivity index (χ1v) is 22.9. The maximum atomic E-state index is 12.9. The quantitative estimate of drug-likeness (QED) is 0.0287. The van der Waals surface area contributed by atoms with Crippen LogP contribution in [-0.4, -0.2) is 108 Å². The van der Waals surface area contributed by atoms with Crippen molar-refractivity contribution in [1.29, 1.82) is 0 Å². The number of ether oxygens (including phenoxy) is 2. The summed E-state index contributed by atoms with van der Waals surface area (Å²) in [5.41, 5.74) is 0. The Labute approximate surface area is 311 Å². The van der Waals surface area contributed by atoms with Gasteiger partial charge in [0.1, 0.15) is 43.2 Å². The summed E-state index contributed by atoms with van der Waals surface area (Å²) < 4.78 is 64.2. The second-order valence-electron chi connectivity index (χ2n) is 13.2. The van der Waals surface area contributed by atoms with E-state index in [1.54, 1.807) is 6.92 Å². The summed E-state index contributed by atoms with van der Waals surface area (Å²) in [4.78, 5) is 71.6. The first-order valence-electron chi connectivity index (χ1n) is 18.3. The molecule has 0 radical (unpaired) electrons. The summed E-state index contributed by atoms with van der Waals surface area (Å²) in [7, 11) is -16.5. The monoisotopic (exact) mass is 830 g/mol. The van der Waals surface area contributed by atoms with Crippen molar-refractivity contribution < 1.29 is 90.6 Å². The number of hydrogen-bond donors (Lipinski definition) is 8. The number of phosphoric acid groups is 3. The molecule has 19 nitrogen and oxygen atoms in total. The van der Waals surface area contributed by atoms with Gasteiger partial charge < -0.3 is 49.3 Å². The highest BCUT2D eigenvalue weighted by molar-refractivity contribution is 7.47. The van der Waals surface area contributed by atoms with E-state index in [9.17, 15) is 43.5 Å². The summed E-state index contributed by atoms with van der Waals surface area (Å²) in [6.07, 6.45) is 1.43. The topological polar surface area (TPSA) is 303 Å². The molecule has 1 fully saturated rings. The molecule has 1 saturated carbocycles. The van der Waals surface area contributed by atoms with E-state index < -0.39 is 91.3 Å². The van der Waals surface area contributed by atoms with Gasteiger partial charge >= 0.3 is 35.4 Å². The maximum absolute atomic E-state index is 12.9. The molecule has 0 aromatic carbocycles. The lowest BCUT2D eigenvalue weighted by Gasteiger charge is -2.44. The highest BCUT2D eigenvalue weighted by Crippen LogP contribution is 2.51. The maximum Gasteiger partial charge on any atom is 0.472 e. The first-order chi connectivity index (χ1) is 24.8. The lowest BCUT2D eigenvalue weighted by Crippen LogP contribution is -2.65. The van der Waals surface area contributed by atoms with E-state index in [-0.39, 0.29) is 12.8 Å². The van der Waals surface area contributed by atoms with Crippen LogP contribution in [0.4, 0.5) is 0 Å². The predicted molar refractivity (Wildman–Crippen MR) is 188 cm³/mol. The minimum atomic E-state index is -5.53. The van der Waals surface area contributed by atoms with Crippen LogP contribution in [0.3, 0.4) is 0 Å². The number of aliphatic hydroxyl groups excluding tert-OH is 3. The van der Waals surface area contributed by atoms with Crippen LogP contribution in [-0.2, 0) is 50.9 Å². The molecule has 8 N–H and O–H groups in total. The van der Waals surface area contributed by atoms with Gasteiger partial charge in [0.25, 0.3) is 0 Å². The Morgan fingerprint density at radius 2 is 0.925 bits per heavy atom. The Balaban J connectivity index is 2.62. The fourth-order valence-corrected chi connectivity index (χ4v) is 7.79. The largest absolute Gasteiger partial charge is 0.472 e. The molecule has 8 atom stereocenters. The molecular weight excluding hydrogens is 769 g/mol. The standard InChI is InChI=1S/C31H61O19P3/c1-3-5-6-7-8-9-10-11-12-13-14-15-16-17-18-20-24(32)45-21-23(47-25(33)19-4-2)22-46-53(43,44)50-31-27(35)29(48-51(37,38)39)26(34)30(28(31)36)49-52(40,41)42/h23,26-31,34-36H,3-22H2,1-2H3,(H,43,44)(H2,37,38,39)(H2,40,41,42)/t23?,26?,27-,28-,29-,30+,31?/m0/s1. The lowest BCUT2D eigenvalue weighted by molar-refractivity contribution is -0.213. The zero-order chi connectivity index (χ0) is 40.1. The molecule has 1 rings (SSSR count). The van der Waals surface area contributed by atoms with Crippen LogP contribution in [0.2, 0.25) is 0 Å². The molecule has 0 spiro atoms. The Hall–Kier alpha value is -0.850. The Kier molecular flexibility index (Phi) is 24.7. The van der Waals surface area contributed by atoms with Crippen LogP contribution in [0.25, 0.3) is 0 Å². The van der Waals surface area contributed by atoms with Gasteiger partial charge in [0.2, 0.25) is 0 Å². The average Bonchev–Trinajstić information content (AvgIpc) is 3.06. The fraction of sp³-hybridized carbons (Fsp3) is 0.935. The van der Waals surface area contributed by atoms with Crippen LogP contribution in [0, 0.1) is 0 Å². The summed E-state index contributed by atoms with van der Waals surface area (Å²) in [6, 6.07) is 0. The van der Waals surface area contributed by atoms with Gasteiger partial charge in [-0.05, 0) is 12.8 Å². The molecule has 0 aromatic heterocycles. The van der Waals surface area contributed by atoms with Crippen molar-refractivity contribution >= 4 is 35.4 Å². The third-order valence-electron chi connectivity index (χ3n) is 8.38. The van der Waals surface area contributed by atoms with E-state index in [1.165, 1.54) is 64.2 Å². The van der Waals surface area contributed by atoms with E-state index in [0.29, 0.717) is 12.8 Å². The van der Waals surface area contributed by atoms with Gasteiger partial charge in [0.05, 0.1) is 6.61 Å². The average molecular weight is 831 g/mol. The third-order valence-corrected chi connectivity index (χ3v) is 10.4. The molecule has 0 aliphatic heterocycles. The van der Waals surface area contributed by atoms with Crippen molar-refractivity contribution in [1.82, 2.24) is 0 Å². The van der Waals surface area contributed by atoms with Gasteiger partial charge in [-0.1, -0.05) is 104 Å². The molecule has 0 aromatic rings.